The summed E-state index contributed by atoms with van der Waals surface area (Å²) >= 11 is 5.87. The summed E-state index contributed by atoms with van der Waals surface area (Å²) < 4.78 is 0. The highest BCUT2D eigenvalue weighted by Gasteiger charge is 2.05. The minimum Gasteiger partial charge on any atom is -0.376 e. The van der Waals surface area contributed by atoms with Gasteiger partial charge in [-0.25, -0.2) is 0 Å². The summed E-state index contributed by atoms with van der Waals surface area (Å²) in [6.07, 6.45) is 0. The maximum atomic E-state index is 8.56. The molecular formula is C11H10ClN5. The van der Waals surface area contributed by atoms with Crippen molar-refractivity contribution in [1.29, 1.82) is 10.5 Å². The summed E-state index contributed by atoms with van der Waals surface area (Å²) in [6, 6.07) is 8.57. The fraction of sp³-hybridized carbons (Fsp3) is 0.182. The normalized spacial score (nSPS) is 8.76. The van der Waals surface area contributed by atoms with Crippen molar-refractivity contribution in [2.24, 2.45) is 5.10 Å². The molecule has 0 heterocycles. The molecule has 0 aliphatic heterocycles. The van der Waals surface area contributed by atoms with E-state index < -0.39 is 0 Å². The highest BCUT2D eigenvalue weighted by Crippen LogP contribution is 2.27. The highest BCUT2D eigenvalue weighted by molar-refractivity contribution is 6.31. The molecule has 0 aromatic heterocycles. The molecule has 0 atom stereocenters. The van der Waals surface area contributed by atoms with Gasteiger partial charge >= 0.3 is 0 Å². The molecule has 0 fully saturated rings. The average molecular weight is 248 g/mol. The molecule has 6 heteroatoms. The van der Waals surface area contributed by atoms with Crippen molar-refractivity contribution in [2.45, 2.75) is 0 Å². The number of rotatable bonds is 3. The molecule has 1 aromatic carbocycles. The fourth-order valence-corrected chi connectivity index (χ4v) is 1.35. The third kappa shape index (κ3) is 3.37. The Morgan fingerprint density at radius 3 is 2.53 bits per heavy atom. The maximum Gasteiger partial charge on any atom is 0.237 e. The van der Waals surface area contributed by atoms with Gasteiger partial charge in [-0.2, -0.15) is 15.6 Å². The van der Waals surface area contributed by atoms with E-state index in [0.717, 1.165) is 5.69 Å². The van der Waals surface area contributed by atoms with Crippen LogP contribution >= 0.6 is 11.6 Å². The molecule has 0 radical (unpaired) electrons. The van der Waals surface area contributed by atoms with E-state index in [1.165, 1.54) is 0 Å². The van der Waals surface area contributed by atoms with E-state index in [2.05, 4.69) is 10.5 Å². The second kappa shape index (κ2) is 5.74. The molecule has 0 spiro atoms. The predicted octanol–water partition coefficient (Wildman–Crippen LogP) is 2.22. The number of nitrogens with one attached hydrogen (secondary N) is 1. The molecule has 0 saturated heterocycles. The number of hydrogen-bond donors (Lipinski definition) is 1. The Labute approximate surface area is 105 Å². The van der Waals surface area contributed by atoms with Gasteiger partial charge in [0.1, 0.15) is 12.1 Å². The van der Waals surface area contributed by atoms with Crippen molar-refractivity contribution in [3.63, 3.8) is 0 Å². The lowest BCUT2D eigenvalue weighted by Crippen LogP contribution is -2.11. The zero-order valence-electron chi connectivity index (χ0n) is 9.40. The van der Waals surface area contributed by atoms with Crippen LogP contribution in [0.4, 0.5) is 11.4 Å². The molecule has 0 aliphatic rings. The topological polar surface area (TPSA) is 75.2 Å². The van der Waals surface area contributed by atoms with Gasteiger partial charge in [-0.15, -0.1) is 0 Å². The number of hydrazone groups is 1. The van der Waals surface area contributed by atoms with Crippen LogP contribution in [0.1, 0.15) is 0 Å². The van der Waals surface area contributed by atoms with Crippen molar-refractivity contribution >= 4 is 28.7 Å². The van der Waals surface area contributed by atoms with Crippen molar-refractivity contribution in [3.05, 3.63) is 23.2 Å². The number of nitriles is 2. The largest absolute Gasteiger partial charge is 0.376 e. The molecule has 5 nitrogen and oxygen atoms in total. The Morgan fingerprint density at radius 2 is 2.00 bits per heavy atom. The zero-order valence-corrected chi connectivity index (χ0v) is 10.2. The summed E-state index contributed by atoms with van der Waals surface area (Å²) in [4.78, 5) is 1.87. The molecule has 86 valence electrons. The zero-order chi connectivity index (χ0) is 12.8. The van der Waals surface area contributed by atoms with Crippen molar-refractivity contribution < 1.29 is 0 Å². The number of halogens is 1. The van der Waals surface area contributed by atoms with Crippen molar-refractivity contribution in [2.75, 3.05) is 24.4 Å². The third-order valence-electron chi connectivity index (χ3n) is 1.94. The van der Waals surface area contributed by atoms with E-state index in [1.807, 2.05) is 25.1 Å². The summed E-state index contributed by atoms with van der Waals surface area (Å²) in [5.74, 6) is 0. The summed E-state index contributed by atoms with van der Waals surface area (Å²) in [7, 11) is 3.74. The van der Waals surface area contributed by atoms with Crippen LogP contribution in [0.3, 0.4) is 0 Å². The van der Waals surface area contributed by atoms with Gasteiger partial charge in [-0.1, -0.05) is 11.6 Å². The Kier molecular flexibility index (Phi) is 4.33. The highest BCUT2D eigenvalue weighted by atomic mass is 35.5. The fourth-order valence-electron chi connectivity index (χ4n) is 1.18. The molecule has 0 unspecified atom stereocenters. The monoisotopic (exact) mass is 247 g/mol. The first kappa shape index (κ1) is 12.8. The molecular weight excluding hydrogens is 238 g/mol. The van der Waals surface area contributed by atoms with Gasteiger partial charge in [0.25, 0.3) is 0 Å². The van der Waals surface area contributed by atoms with E-state index in [-0.39, 0.29) is 5.71 Å². The van der Waals surface area contributed by atoms with Crippen LogP contribution in [0.5, 0.6) is 0 Å². The minimum absolute atomic E-state index is 0.241. The summed E-state index contributed by atoms with van der Waals surface area (Å²) in [5, 5.41) is 21.3. The summed E-state index contributed by atoms with van der Waals surface area (Å²) in [5.41, 5.74) is 3.90. The van der Waals surface area contributed by atoms with Gasteiger partial charge in [0, 0.05) is 19.1 Å². The average Bonchev–Trinajstić information content (AvgIpc) is 2.30. The van der Waals surface area contributed by atoms with Crippen LogP contribution in [0, 0.1) is 22.7 Å². The van der Waals surface area contributed by atoms with Crippen LogP contribution in [0.15, 0.2) is 23.3 Å². The van der Waals surface area contributed by atoms with E-state index in [1.54, 1.807) is 24.3 Å². The minimum atomic E-state index is -0.241. The van der Waals surface area contributed by atoms with Gasteiger partial charge in [0.05, 0.1) is 11.4 Å². The number of nitrogens with zero attached hydrogens (tertiary/aromatic N) is 4. The van der Waals surface area contributed by atoms with Crippen molar-refractivity contribution in [1.82, 2.24) is 0 Å². The predicted molar refractivity (Wildman–Crippen MR) is 68.1 cm³/mol. The Hall–Kier alpha value is -2.24. The van der Waals surface area contributed by atoms with Crippen LogP contribution < -0.4 is 10.3 Å². The number of anilines is 2. The quantitative estimate of drug-likeness (QED) is 0.656. The lowest BCUT2D eigenvalue weighted by atomic mass is 10.2. The van der Waals surface area contributed by atoms with Crippen LogP contribution in [0.2, 0.25) is 5.02 Å². The molecule has 1 N–H and O–H groups in total. The molecule has 1 rings (SSSR count). The molecule has 0 saturated carbocycles. The molecule has 17 heavy (non-hydrogen) atoms. The third-order valence-corrected chi connectivity index (χ3v) is 2.18. The van der Waals surface area contributed by atoms with E-state index in [9.17, 15) is 0 Å². The lowest BCUT2D eigenvalue weighted by molar-refractivity contribution is 1.13. The van der Waals surface area contributed by atoms with Crippen molar-refractivity contribution in [3.8, 4) is 12.1 Å². The van der Waals surface area contributed by atoms with Crippen LogP contribution in [-0.4, -0.2) is 19.8 Å². The van der Waals surface area contributed by atoms with Gasteiger partial charge in [-0.05, 0) is 18.2 Å². The lowest BCUT2D eigenvalue weighted by Gasteiger charge is -2.16. The van der Waals surface area contributed by atoms with Gasteiger partial charge in [0.15, 0.2) is 0 Å². The van der Waals surface area contributed by atoms with E-state index in [0.29, 0.717) is 10.7 Å². The first-order valence-corrected chi connectivity index (χ1v) is 5.07. The van der Waals surface area contributed by atoms with Crippen LogP contribution in [-0.2, 0) is 0 Å². The smallest absolute Gasteiger partial charge is 0.237 e. The number of benzene rings is 1. The number of hydrogen-bond acceptors (Lipinski definition) is 5. The van der Waals surface area contributed by atoms with E-state index >= 15 is 0 Å². The Bertz CT molecular complexity index is 506. The first-order chi connectivity index (χ1) is 8.08. The summed E-state index contributed by atoms with van der Waals surface area (Å²) in [6.45, 7) is 0. The van der Waals surface area contributed by atoms with Gasteiger partial charge < -0.3 is 4.90 Å². The maximum absolute atomic E-state index is 8.56. The second-order valence-electron chi connectivity index (χ2n) is 3.35. The molecule has 1 aromatic rings. The standard InChI is InChI=1S/C11H10ClN5/c1-17(2)11-4-3-8(12)5-10(11)16-15-9(6-13)7-14/h3-5,16H,1-2H3. The Balaban J connectivity index is 3.06. The SMILES string of the molecule is CN(C)c1ccc(Cl)cc1NN=C(C#N)C#N. The van der Waals surface area contributed by atoms with Gasteiger partial charge in [0.2, 0.25) is 5.71 Å². The molecule has 0 amide bonds. The van der Waals surface area contributed by atoms with Gasteiger partial charge in [-0.3, -0.25) is 5.43 Å². The van der Waals surface area contributed by atoms with Crippen LogP contribution in [0.25, 0.3) is 0 Å². The second-order valence-corrected chi connectivity index (χ2v) is 3.79. The first-order valence-electron chi connectivity index (χ1n) is 4.69. The van der Waals surface area contributed by atoms with E-state index in [4.69, 9.17) is 22.1 Å². The molecule has 0 bridgehead atoms. The Morgan fingerprint density at radius 1 is 1.35 bits per heavy atom. The molecule has 0 aliphatic carbocycles.